The Kier molecular flexibility index (Phi) is 4.83. The van der Waals surface area contributed by atoms with Crippen molar-refractivity contribution in [2.24, 2.45) is 4.99 Å². The number of guanidine groups is 1. The van der Waals surface area contributed by atoms with E-state index in [2.05, 4.69) is 101 Å². The molecule has 1 spiro atoms. The maximum atomic E-state index is 5.11. The Labute approximate surface area is 239 Å². The second-order valence-corrected chi connectivity index (χ2v) is 11.4. The predicted molar refractivity (Wildman–Crippen MR) is 164 cm³/mol. The molecule has 1 saturated heterocycles. The van der Waals surface area contributed by atoms with E-state index in [0.717, 1.165) is 62.2 Å². The molecule has 0 unspecified atom stereocenters. The summed E-state index contributed by atoms with van der Waals surface area (Å²) in [5.41, 5.74) is 11.3. The molecule has 1 aromatic heterocycles. The van der Waals surface area contributed by atoms with Gasteiger partial charge in [-0.15, -0.1) is 0 Å². The van der Waals surface area contributed by atoms with E-state index >= 15 is 0 Å². The Morgan fingerprint density at radius 3 is 1.98 bits per heavy atom. The van der Waals surface area contributed by atoms with Gasteiger partial charge in [-0.25, -0.2) is 9.97 Å². The molecule has 0 saturated carbocycles. The van der Waals surface area contributed by atoms with Crippen molar-refractivity contribution >= 4 is 11.8 Å². The molecule has 0 N–H and O–H groups in total. The minimum Gasteiger partial charge on any atom is -0.342 e. The van der Waals surface area contributed by atoms with Crippen molar-refractivity contribution in [3.63, 3.8) is 0 Å². The highest BCUT2D eigenvalue weighted by atomic mass is 15.4. The number of aliphatic imine (C=N–C) groups is 1. The topological polar surface area (TPSA) is 44.6 Å². The largest absolute Gasteiger partial charge is 0.342 e. The third kappa shape index (κ3) is 3.09. The highest BCUT2D eigenvalue weighted by Gasteiger charge is 2.51. The van der Waals surface area contributed by atoms with Gasteiger partial charge in [0.2, 0.25) is 5.96 Å². The van der Waals surface area contributed by atoms with Crippen LogP contribution in [0.2, 0.25) is 0 Å². The average molecular weight is 532 g/mol. The summed E-state index contributed by atoms with van der Waals surface area (Å²) in [5, 5.41) is 0. The van der Waals surface area contributed by atoms with Crippen molar-refractivity contribution < 1.29 is 0 Å². The molecule has 5 aromatic rings. The molecule has 0 radical (unpaired) electrons. The molecule has 3 heterocycles. The number of nitrogens with zero attached hydrogens (tertiary/aromatic N) is 5. The number of hydrogen-bond donors (Lipinski definition) is 0. The monoisotopic (exact) mass is 531 g/mol. The van der Waals surface area contributed by atoms with Crippen molar-refractivity contribution in [2.75, 3.05) is 31.1 Å². The molecule has 198 valence electrons. The van der Waals surface area contributed by atoms with Crippen LogP contribution in [0.4, 0.5) is 5.82 Å². The smallest absolute Gasteiger partial charge is 0.202 e. The van der Waals surface area contributed by atoms with Gasteiger partial charge < -0.3 is 4.90 Å². The molecule has 0 bridgehead atoms. The molecular formula is C36H29N5. The summed E-state index contributed by atoms with van der Waals surface area (Å²) in [4.78, 5) is 19.4. The van der Waals surface area contributed by atoms with Gasteiger partial charge in [0.25, 0.3) is 0 Å². The van der Waals surface area contributed by atoms with Crippen LogP contribution in [0.15, 0.2) is 108 Å². The molecule has 5 heteroatoms. The zero-order valence-electron chi connectivity index (χ0n) is 22.8. The van der Waals surface area contributed by atoms with Gasteiger partial charge in [-0.05, 0) is 69.5 Å². The summed E-state index contributed by atoms with van der Waals surface area (Å²) in [6, 6.07) is 35.7. The quantitative estimate of drug-likeness (QED) is 0.247. The number of aromatic nitrogens is 2. The van der Waals surface area contributed by atoms with E-state index < -0.39 is 0 Å². The Hall–Kier alpha value is -4.77. The Morgan fingerprint density at radius 2 is 1.24 bits per heavy atom. The molecule has 1 fully saturated rings. The summed E-state index contributed by atoms with van der Waals surface area (Å²) in [6.07, 6.45) is 4.13. The van der Waals surface area contributed by atoms with E-state index in [9.17, 15) is 0 Å². The molecule has 2 aliphatic heterocycles. The highest BCUT2D eigenvalue weighted by molar-refractivity contribution is 5.97. The first kappa shape index (κ1) is 23.0. The fourth-order valence-electron chi connectivity index (χ4n) is 7.72. The van der Waals surface area contributed by atoms with Crippen LogP contribution in [0.25, 0.3) is 33.6 Å². The molecule has 2 aliphatic carbocycles. The lowest BCUT2D eigenvalue weighted by Gasteiger charge is -2.40. The second-order valence-electron chi connectivity index (χ2n) is 11.4. The molecule has 5 nitrogen and oxygen atoms in total. The normalized spacial score (nSPS) is 17.4. The van der Waals surface area contributed by atoms with Crippen LogP contribution >= 0.6 is 0 Å². The second kappa shape index (κ2) is 8.61. The van der Waals surface area contributed by atoms with Gasteiger partial charge in [-0.3, -0.25) is 9.89 Å². The lowest BCUT2D eigenvalue weighted by molar-refractivity contribution is 0.359. The molecule has 0 amide bonds. The molecule has 4 aliphatic rings. The standard InChI is InChI=1S/C36H29N5/c1-4-12-29-25(9-1)26-10-2-5-13-30(26)36(29)31-14-6-3-11-27(31)28-23-24(15-16-32(28)36)34-37-19-17-33(39-34)41-22-8-21-40-20-7-18-38-35(40)41/h1-6,9-17,19,23H,7-8,18,20-22H2. The van der Waals surface area contributed by atoms with Crippen LogP contribution in [0.3, 0.4) is 0 Å². The summed E-state index contributed by atoms with van der Waals surface area (Å²) in [7, 11) is 0. The fraction of sp³-hybridized carbons (Fsp3) is 0.194. The van der Waals surface area contributed by atoms with Gasteiger partial charge in [-0.1, -0.05) is 84.9 Å². The number of fused-ring (bicyclic) bond motifs is 11. The first-order chi connectivity index (χ1) is 20.3. The lowest BCUT2D eigenvalue weighted by Crippen LogP contribution is -2.52. The van der Waals surface area contributed by atoms with E-state index in [1.165, 1.54) is 44.5 Å². The van der Waals surface area contributed by atoms with Gasteiger partial charge in [0.15, 0.2) is 5.82 Å². The van der Waals surface area contributed by atoms with Crippen LogP contribution < -0.4 is 4.90 Å². The molecule has 9 rings (SSSR count). The van der Waals surface area contributed by atoms with Crippen molar-refractivity contribution in [3.05, 3.63) is 126 Å². The Balaban J connectivity index is 1.21. The van der Waals surface area contributed by atoms with Gasteiger partial charge >= 0.3 is 0 Å². The minimum absolute atomic E-state index is 0.323. The van der Waals surface area contributed by atoms with Crippen LogP contribution in [0.5, 0.6) is 0 Å². The van der Waals surface area contributed by atoms with Gasteiger partial charge in [0.05, 0.1) is 5.41 Å². The summed E-state index contributed by atoms with van der Waals surface area (Å²) in [5.74, 6) is 2.75. The number of rotatable bonds is 2. The highest BCUT2D eigenvalue weighted by Crippen LogP contribution is 2.62. The van der Waals surface area contributed by atoms with Crippen molar-refractivity contribution in [1.29, 1.82) is 0 Å². The summed E-state index contributed by atoms with van der Waals surface area (Å²) < 4.78 is 0. The van der Waals surface area contributed by atoms with Crippen LogP contribution in [-0.2, 0) is 5.41 Å². The van der Waals surface area contributed by atoms with E-state index in [1.54, 1.807) is 0 Å². The minimum atomic E-state index is -0.323. The predicted octanol–water partition coefficient (Wildman–Crippen LogP) is 6.76. The summed E-state index contributed by atoms with van der Waals surface area (Å²) >= 11 is 0. The Bertz CT molecular complexity index is 1840. The Morgan fingerprint density at radius 1 is 0.610 bits per heavy atom. The fourth-order valence-corrected chi connectivity index (χ4v) is 7.72. The molecule has 41 heavy (non-hydrogen) atoms. The third-order valence-electron chi connectivity index (χ3n) is 9.35. The van der Waals surface area contributed by atoms with Crippen LogP contribution in [0.1, 0.15) is 35.1 Å². The molecule has 4 aromatic carbocycles. The number of hydrogen-bond acceptors (Lipinski definition) is 5. The van der Waals surface area contributed by atoms with Crippen molar-refractivity contribution in [3.8, 4) is 33.6 Å². The van der Waals surface area contributed by atoms with Crippen molar-refractivity contribution in [2.45, 2.75) is 18.3 Å². The van der Waals surface area contributed by atoms with Gasteiger partial charge in [0.1, 0.15) is 5.82 Å². The molecular weight excluding hydrogens is 502 g/mol. The maximum Gasteiger partial charge on any atom is 0.202 e. The van der Waals surface area contributed by atoms with Gasteiger partial charge in [-0.2, -0.15) is 0 Å². The molecule has 0 atom stereocenters. The van der Waals surface area contributed by atoms with E-state index in [4.69, 9.17) is 15.0 Å². The van der Waals surface area contributed by atoms with Crippen molar-refractivity contribution in [1.82, 2.24) is 14.9 Å². The van der Waals surface area contributed by atoms with E-state index in [0.29, 0.717) is 0 Å². The summed E-state index contributed by atoms with van der Waals surface area (Å²) in [6.45, 7) is 3.97. The number of anilines is 1. The number of benzene rings is 4. The van der Waals surface area contributed by atoms with Crippen LogP contribution in [0, 0.1) is 0 Å². The first-order valence-electron chi connectivity index (χ1n) is 14.7. The van der Waals surface area contributed by atoms with E-state index in [1.807, 2.05) is 12.3 Å². The maximum absolute atomic E-state index is 5.11. The first-order valence-corrected chi connectivity index (χ1v) is 14.7. The zero-order valence-corrected chi connectivity index (χ0v) is 22.8. The average Bonchev–Trinajstić information content (AvgIpc) is 3.52. The van der Waals surface area contributed by atoms with Gasteiger partial charge in [0, 0.05) is 37.9 Å². The SMILES string of the molecule is c1ccc2c(c1)-c1ccccc1C21c2ccccc2-c2cc(-c3nccc(N4CCCN5CCCN=C54)n3)ccc21. The third-order valence-corrected chi connectivity index (χ3v) is 9.35. The van der Waals surface area contributed by atoms with E-state index in [-0.39, 0.29) is 5.41 Å². The van der Waals surface area contributed by atoms with Crippen LogP contribution in [-0.4, -0.2) is 47.0 Å². The zero-order chi connectivity index (χ0) is 27.0. The lowest BCUT2D eigenvalue weighted by atomic mass is 9.70.